The molecule has 0 unspecified atom stereocenters. The zero-order chi connectivity index (χ0) is 14.0. The Morgan fingerprint density at radius 3 is 2.28 bits per heavy atom. The van der Waals surface area contributed by atoms with Gasteiger partial charge in [-0.15, -0.1) is 0 Å². The van der Waals surface area contributed by atoms with Crippen LogP contribution in [0.4, 0.5) is 0 Å². The van der Waals surface area contributed by atoms with Crippen LogP contribution in [0.25, 0.3) is 0 Å². The molecule has 0 N–H and O–H groups in total. The minimum Gasteiger partial charge on any atom is -0.541 e. The summed E-state index contributed by atoms with van der Waals surface area (Å²) < 4.78 is 11.5. The van der Waals surface area contributed by atoms with Crippen molar-refractivity contribution in [3.8, 4) is 11.5 Å². The highest BCUT2D eigenvalue weighted by Crippen LogP contribution is 2.40. The first-order valence-electron chi connectivity index (χ1n) is 6.04. The molecule has 0 saturated carbocycles. The Kier molecular flexibility index (Phi) is 4.22. The highest BCUT2D eigenvalue weighted by atomic mass is 28.4. The molecule has 1 aromatic rings. The molecule has 0 aliphatic rings. The monoisotopic (exact) mass is 266 g/mol. The van der Waals surface area contributed by atoms with Crippen LogP contribution in [-0.2, 0) is 0 Å². The molecular formula is C14H22O3Si. The van der Waals surface area contributed by atoms with Gasteiger partial charge in [-0.05, 0) is 30.3 Å². The van der Waals surface area contributed by atoms with Gasteiger partial charge < -0.3 is 9.16 Å². The van der Waals surface area contributed by atoms with E-state index in [0.29, 0.717) is 17.1 Å². The van der Waals surface area contributed by atoms with Crippen molar-refractivity contribution in [2.75, 3.05) is 7.11 Å². The number of methoxy groups -OCH3 is 1. The quantitative estimate of drug-likeness (QED) is 0.612. The lowest BCUT2D eigenvalue weighted by Crippen LogP contribution is -2.44. The first-order valence-corrected chi connectivity index (χ1v) is 8.95. The molecule has 0 aromatic heterocycles. The number of ether oxygens (including phenoxy) is 1. The van der Waals surface area contributed by atoms with E-state index in [1.165, 1.54) is 0 Å². The predicted octanol–water partition coefficient (Wildman–Crippen LogP) is 3.89. The van der Waals surface area contributed by atoms with E-state index in [4.69, 9.17) is 9.16 Å². The molecule has 0 spiro atoms. The van der Waals surface area contributed by atoms with Crippen LogP contribution in [0.3, 0.4) is 0 Å². The molecule has 0 heterocycles. The van der Waals surface area contributed by atoms with Crippen LogP contribution in [0.15, 0.2) is 18.2 Å². The van der Waals surface area contributed by atoms with Crippen molar-refractivity contribution in [3.05, 3.63) is 23.8 Å². The summed E-state index contributed by atoms with van der Waals surface area (Å²) in [5, 5.41) is 0.0774. The lowest BCUT2D eigenvalue weighted by atomic mass is 10.2. The minimum absolute atomic E-state index is 0.0774. The first kappa shape index (κ1) is 14.8. The van der Waals surface area contributed by atoms with E-state index in [1.807, 2.05) is 6.07 Å². The highest BCUT2D eigenvalue weighted by Gasteiger charge is 2.40. The summed E-state index contributed by atoms with van der Waals surface area (Å²) in [5.74, 6) is 1.19. The van der Waals surface area contributed by atoms with Crippen molar-refractivity contribution in [1.82, 2.24) is 0 Å². The van der Waals surface area contributed by atoms with E-state index in [9.17, 15) is 4.79 Å². The lowest BCUT2D eigenvalue weighted by molar-refractivity contribution is 0.112. The van der Waals surface area contributed by atoms with Gasteiger partial charge in [0.15, 0.2) is 17.8 Å². The van der Waals surface area contributed by atoms with E-state index in [2.05, 4.69) is 33.9 Å². The van der Waals surface area contributed by atoms with Crippen molar-refractivity contribution in [2.24, 2.45) is 0 Å². The molecule has 0 saturated heterocycles. The summed E-state index contributed by atoms with van der Waals surface area (Å²) in [4.78, 5) is 11.1. The number of carbonyl (C=O) groups is 1. The second-order valence-corrected chi connectivity index (χ2v) is 10.6. The smallest absolute Gasteiger partial charge is 0.250 e. The van der Waals surface area contributed by atoms with Crippen molar-refractivity contribution in [1.29, 1.82) is 0 Å². The number of rotatable bonds is 4. The minimum atomic E-state index is -1.98. The second-order valence-electron chi connectivity index (χ2n) is 5.86. The van der Waals surface area contributed by atoms with Gasteiger partial charge in [0.25, 0.3) is 8.32 Å². The lowest BCUT2D eigenvalue weighted by Gasteiger charge is -2.37. The number of hydrogen-bond acceptors (Lipinski definition) is 3. The summed E-state index contributed by atoms with van der Waals surface area (Å²) >= 11 is 0. The SMILES string of the molecule is COc1cccc(C=O)c1O[Si](C)(C)C(C)(C)C. The fourth-order valence-corrected chi connectivity index (χ4v) is 2.34. The largest absolute Gasteiger partial charge is 0.541 e. The molecule has 3 nitrogen and oxygen atoms in total. The van der Waals surface area contributed by atoms with E-state index in [1.54, 1.807) is 19.2 Å². The summed E-state index contributed by atoms with van der Waals surface area (Å²) in [6, 6.07) is 5.36. The number of benzene rings is 1. The molecule has 100 valence electrons. The molecular weight excluding hydrogens is 244 g/mol. The molecule has 0 radical (unpaired) electrons. The third-order valence-corrected chi connectivity index (χ3v) is 7.85. The van der Waals surface area contributed by atoms with Gasteiger partial charge in [-0.1, -0.05) is 26.8 Å². The number of para-hydroxylation sites is 1. The van der Waals surface area contributed by atoms with Gasteiger partial charge in [-0.3, -0.25) is 4.79 Å². The Hall–Kier alpha value is -1.29. The molecule has 4 heteroatoms. The summed E-state index contributed by atoms with van der Waals surface area (Å²) in [5.41, 5.74) is 0.541. The highest BCUT2D eigenvalue weighted by molar-refractivity contribution is 6.74. The summed E-state index contributed by atoms with van der Waals surface area (Å²) in [6.07, 6.45) is 0.811. The third kappa shape index (κ3) is 2.93. The topological polar surface area (TPSA) is 35.5 Å². The van der Waals surface area contributed by atoms with Crippen LogP contribution in [0.1, 0.15) is 31.1 Å². The molecule has 0 fully saturated rings. The zero-order valence-corrected chi connectivity index (χ0v) is 13.0. The van der Waals surface area contributed by atoms with E-state index >= 15 is 0 Å². The molecule has 18 heavy (non-hydrogen) atoms. The third-order valence-electron chi connectivity index (χ3n) is 3.52. The van der Waals surface area contributed by atoms with Crippen LogP contribution in [-0.4, -0.2) is 21.7 Å². The van der Waals surface area contributed by atoms with Crippen LogP contribution in [0.5, 0.6) is 11.5 Å². The van der Waals surface area contributed by atoms with Crippen LogP contribution in [0, 0.1) is 0 Å². The number of carbonyl (C=O) groups excluding carboxylic acids is 1. The van der Waals surface area contributed by atoms with Crippen molar-refractivity contribution in [2.45, 2.75) is 38.9 Å². The van der Waals surface area contributed by atoms with Gasteiger partial charge in [0.1, 0.15) is 0 Å². The number of aldehydes is 1. The molecule has 1 rings (SSSR count). The van der Waals surface area contributed by atoms with Crippen LogP contribution >= 0.6 is 0 Å². The fourth-order valence-electron chi connectivity index (χ4n) is 1.30. The van der Waals surface area contributed by atoms with Gasteiger partial charge in [0.05, 0.1) is 12.7 Å². The Morgan fingerprint density at radius 2 is 1.83 bits per heavy atom. The van der Waals surface area contributed by atoms with Gasteiger partial charge in [0, 0.05) is 0 Å². The molecule has 0 atom stereocenters. The second kappa shape index (κ2) is 5.14. The number of hydrogen-bond donors (Lipinski definition) is 0. The van der Waals surface area contributed by atoms with E-state index < -0.39 is 8.32 Å². The maximum atomic E-state index is 11.1. The zero-order valence-electron chi connectivity index (χ0n) is 12.0. The van der Waals surface area contributed by atoms with Crippen molar-refractivity contribution >= 4 is 14.6 Å². The Bertz CT molecular complexity index is 433. The predicted molar refractivity (Wildman–Crippen MR) is 76.2 cm³/mol. The van der Waals surface area contributed by atoms with Crippen LogP contribution in [0.2, 0.25) is 18.1 Å². The van der Waals surface area contributed by atoms with Crippen molar-refractivity contribution in [3.63, 3.8) is 0 Å². The molecule has 0 aliphatic carbocycles. The maximum absolute atomic E-state index is 11.1. The van der Waals surface area contributed by atoms with Gasteiger partial charge in [0.2, 0.25) is 0 Å². The Balaban J connectivity index is 3.21. The van der Waals surface area contributed by atoms with Gasteiger partial charge in [-0.2, -0.15) is 0 Å². The van der Waals surface area contributed by atoms with E-state index in [-0.39, 0.29) is 5.04 Å². The maximum Gasteiger partial charge on any atom is 0.250 e. The average Bonchev–Trinajstić information content (AvgIpc) is 2.27. The fraction of sp³-hybridized carbons (Fsp3) is 0.500. The van der Waals surface area contributed by atoms with Gasteiger partial charge >= 0.3 is 0 Å². The summed E-state index contributed by atoms with van der Waals surface area (Å²) in [7, 11) is -0.394. The normalized spacial score (nSPS) is 12.1. The molecule has 0 amide bonds. The molecule has 1 aromatic carbocycles. The van der Waals surface area contributed by atoms with Gasteiger partial charge in [-0.25, -0.2) is 0 Å². The standard InChI is InChI=1S/C14H22O3Si/c1-14(2,3)18(5,6)17-13-11(10-15)8-7-9-12(13)16-4/h7-10H,1-6H3. The Morgan fingerprint density at radius 1 is 1.22 bits per heavy atom. The average molecular weight is 266 g/mol. The van der Waals surface area contributed by atoms with Crippen molar-refractivity contribution < 1.29 is 14.0 Å². The summed E-state index contributed by atoms with van der Waals surface area (Å²) in [6.45, 7) is 10.8. The van der Waals surface area contributed by atoms with E-state index in [0.717, 1.165) is 6.29 Å². The molecule has 0 bridgehead atoms. The molecule has 0 aliphatic heterocycles. The first-order chi connectivity index (χ1) is 8.23. The van der Waals surface area contributed by atoms with Crippen LogP contribution < -0.4 is 9.16 Å². The Labute approximate surface area is 110 Å².